The van der Waals surface area contributed by atoms with Crippen LogP contribution in [0.3, 0.4) is 0 Å². The van der Waals surface area contributed by atoms with E-state index in [0.29, 0.717) is 0 Å². The molecule has 3 nitrogen and oxygen atoms in total. The molecule has 1 heterocycles. The summed E-state index contributed by atoms with van der Waals surface area (Å²) in [6, 6.07) is 108. The molecule has 13 rings (SSSR count). The van der Waals surface area contributed by atoms with Crippen molar-refractivity contribution in [2.24, 2.45) is 0 Å². The average Bonchev–Trinajstić information content (AvgIpc) is 3.52. The Kier molecular flexibility index (Phi) is 12.8. The third-order valence-corrected chi connectivity index (χ3v) is 15.6. The van der Waals surface area contributed by atoms with E-state index in [1.54, 1.807) is 0 Å². The topological polar surface area (TPSA) is 18.5 Å². The first-order valence-electron chi connectivity index (χ1n) is 26.2. The monoisotopic (exact) mass is 1000 g/mol. The standard InChI is InChI=1S/C73H53N3S/c1-51-45-68(67-49-61(56-27-15-6-16-28-56)37-43-69(67)74-62-31-17-29-59(47-62)54-23-11-4-12-24-54)73-71(46-51)76(65-32-18-30-60(48-65)55-25-13-5-14-26-55)70-50-66(42-44-72(70)77-73)75(63-38-33-57(34-39-63)52-19-7-2-8-20-52)64-40-35-58(36-41-64)53-21-9-3-10-22-53/h2-50,74H,1H3. The summed E-state index contributed by atoms with van der Waals surface area (Å²) < 4.78 is 0. The highest BCUT2D eigenvalue weighted by Gasteiger charge is 2.30. The SMILES string of the molecule is Cc1cc(-c2cc(-c3ccccc3)ccc2Nc2cccc(-c3ccccc3)c2)c2c(c1)N(c1cccc(-c3ccccc3)c1)c1cc(N(c3ccc(-c4ccccc4)cc3)c3ccc(-c4ccccc4)cc3)ccc1S2. The molecule has 0 saturated carbocycles. The van der Waals surface area contributed by atoms with Crippen molar-refractivity contribution >= 4 is 57.3 Å². The summed E-state index contributed by atoms with van der Waals surface area (Å²) >= 11 is 1.85. The number of fused-ring (bicyclic) bond motifs is 2. The fourth-order valence-electron chi connectivity index (χ4n) is 10.7. The van der Waals surface area contributed by atoms with Gasteiger partial charge >= 0.3 is 0 Å². The van der Waals surface area contributed by atoms with Gasteiger partial charge in [0.25, 0.3) is 0 Å². The maximum absolute atomic E-state index is 3.92. The van der Waals surface area contributed by atoms with Crippen LogP contribution >= 0.6 is 11.8 Å². The minimum atomic E-state index is 1.03. The van der Waals surface area contributed by atoms with E-state index in [2.05, 4.69) is 319 Å². The van der Waals surface area contributed by atoms with Gasteiger partial charge in [-0.3, -0.25) is 0 Å². The number of hydrogen-bond donors (Lipinski definition) is 1. The second-order valence-corrected chi connectivity index (χ2v) is 20.6. The predicted octanol–water partition coefficient (Wildman–Crippen LogP) is 21.1. The van der Waals surface area contributed by atoms with Crippen molar-refractivity contribution in [1.82, 2.24) is 0 Å². The van der Waals surface area contributed by atoms with Crippen LogP contribution in [0.25, 0.3) is 66.8 Å². The van der Waals surface area contributed by atoms with E-state index < -0.39 is 0 Å². The summed E-state index contributed by atoms with van der Waals surface area (Å²) in [5, 5.41) is 3.92. The van der Waals surface area contributed by atoms with Gasteiger partial charge in [-0.2, -0.15) is 0 Å². The van der Waals surface area contributed by atoms with E-state index >= 15 is 0 Å². The van der Waals surface area contributed by atoms with Crippen molar-refractivity contribution in [3.63, 3.8) is 0 Å². The zero-order valence-corrected chi connectivity index (χ0v) is 43.4. The van der Waals surface area contributed by atoms with Gasteiger partial charge in [0.15, 0.2) is 0 Å². The highest BCUT2D eigenvalue weighted by Crippen LogP contribution is 2.57. The van der Waals surface area contributed by atoms with Crippen LogP contribution in [0.2, 0.25) is 0 Å². The molecule has 366 valence electrons. The smallest absolute Gasteiger partial charge is 0.0622 e. The first kappa shape index (κ1) is 47.1. The zero-order valence-electron chi connectivity index (χ0n) is 42.6. The summed E-state index contributed by atoms with van der Waals surface area (Å²) in [4.78, 5) is 7.25. The van der Waals surface area contributed by atoms with Gasteiger partial charge in [0.05, 0.1) is 11.4 Å². The van der Waals surface area contributed by atoms with Crippen LogP contribution in [0, 0.1) is 6.92 Å². The zero-order chi connectivity index (χ0) is 51.5. The van der Waals surface area contributed by atoms with Crippen molar-refractivity contribution in [2.75, 3.05) is 15.1 Å². The number of anilines is 8. The van der Waals surface area contributed by atoms with E-state index in [0.717, 1.165) is 67.8 Å². The lowest BCUT2D eigenvalue weighted by Gasteiger charge is -2.36. The molecule has 0 aliphatic carbocycles. The van der Waals surface area contributed by atoms with Gasteiger partial charge in [0, 0.05) is 55.0 Å². The molecule has 77 heavy (non-hydrogen) atoms. The molecule has 0 unspecified atom stereocenters. The molecule has 0 bridgehead atoms. The lowest BCUT2D eigenvalue weighted by Crippen LogP contribution is -2.17. The number of nitrogens with one attached hydrogen (secondary N) is 1. The summed E-state index contributed by atoms with van der Waals surface area (Å²) in [7, 11) is 0. The highest BCUT2D eigenvalue weighted by molar-refractivity contribution is 8.00. The van der Waals surface area contributed by atoms with Crippen LogP contribution in [0.15, 0.2) is 307 Å². The van der Waals surface area contributed by atoms with Crippen LogP contribution in [0.1, 0.15) is 5.56 Å². The molecule has 0 aromatic heterocycles. The second kappa shape index (κ2) is 21.0. The highest BCUT2D eigenvalue weighted by atomic mass is 32.2. The van der Waals surface area contributed by atoms with Gasteiger partial charge in [0.1, 0.15) is 0 Å². The average molecular weight is 1000 g/mol. The van der Waals surface area contributed by atoms with Crippen molar-refractivity contribution < 1.29 is 0 Å². The molecular weight excluding hydrogens is 951 g/mol. The van der Waals surface area contributed by atoms with Gasteiger partial charge in [-0.1, -0.05) is 224 Å². The van der Waals surface area contributed by atoms with Crippen molar-refractivity contribution in [3.8, 4) is 66.8 Å². The van der Waals surface area contributed by atoms with E-state index in [1.165, 1.54) is 59.9 Å². The predicted molar refractivity (Wildman–Crippen MR) is 327 cm³/mol. The van der Waals surface area contributed by atoms with E-state index in [-0.39, 0.29) is 0 Å². The first-order valence-corrected chi connectivity index (χ1v) is 27.0. The molecule has 0 radical (unpaired) electrons. The lowest BCUT2D eigenvalue weighted by molar-refractivity contribution is 1.15. The van der Waals surface area contributed by atoms with E-state index in [4.69, 9.17) is 0 Å². The second-order valence-electron chi connectivity index (χ2n) is 19.5. The Morgan fingerprint density at radius 2 is 0.766 bits per heavy atom. The van der Waals surface area contributed by atoms with Crippen LogP contribution in [0.4, 0.5) is 45.5 Å². The lowest BCUT2D eigenvalue weighted by atomic mass is 9.95. The van der Waals surface area contributed by atoms with Crippen molar-refractivity contribution in [2.45, 2.75) is 16.7 Å². The van der Waals surface area contributed by atoms with Gasteiger partial charge in [-0.05, 0) is 153 Å². The molecule has 0 atom stereocenters. The van der Waals surface area contributed by atoms with Gasteiger partial charge in [-0.25, -0.2) is 0 Å². The maximum Gasteiger partial charge on any atom is 0.0622 e. The van der Waals surface area contributed by atoms with Gasteiger partial charge < -0.3 is 15.1 Å². The largest absolute Gasteiger partial charge is 0.355 e. The number of aryl methyl sites for hydroxylation is 1. The number of nitrogens with zero attached hydrogens (tertiary/aromatic N) is 2. The Morgan fingerprint density at radius 1 is 0.325 bits per heavy atom. The van der Waals surface area contributed by atoms with E-state index in [9.17, 15) is 0 Å². The first-order chi connectivity index (χ1) is 38.1. The molecule has 1 aliphatic rings. The maximum atomic E-state index is 3.92. The van der Waals surface area contributed by atoms with Crippen molar-refractivity contribution in [3.05, 3.63) is 303 Å². The molecule has 0 fully saturated rings. The molecule has 1 aliphatic heterocycles. The molecule has 12 aromatic carbocycles. The Bertz CT molecular complexity index is 3930. The molecule has 4 heteroatoms. The van der Waals surface area contributed by atoms with E-state index in [1.807, 2.05) is 11.8 Å². The molecule has 0 saturated heterocycles. The van der Waals surface area contributed by atoms with Gasteiger partial charge in [0.2, 0.25) is 0 Å². The fourth-order valence-corrected chi connectivity index (χ4v) is 11.8. The van der Waals surface area contributed by atoms with Crippen LogP contribution in [0.5, 0.6) is 0 Å². The Morgan fingerprint density at radius 3 is 1.31 bits per heavy atom. The van der Waals surface area contributed by atoms with Crippen LogP contribution in [-0.4, -0.2) is 0 Å². The normalized spacial score (nSPS) is 11.6. The summed E-state index contributed by atoms with van der Waals surface area (Å²) in [6.45, 7) is 2.23. The molecular formula is C73H53N3S. The molecule has 0 spiro atoms. The quantitative estimate of drug-likeness (QED) is 0.131. The fraction of sp³-hybridized carbons (Fsp3) is 0.0137. The third-order valence-electron chi connectivity index (χ3n) is 14.5. The van der Waals surface area contributed by atoms with Crippen molar-refractivity contribution in [1.29, 1.82) is 0 Å². The minimum absolute atomic E-state index is 1.03. The number of hydrogen-bond acceptors (Lipinski definition) is 4. The van der Waals surface area contributed by atoms with Crippen LogP contribution < -0.4 is 15.1 Å². The molecule has 0 amide bonds. The van der Waals surface area contributed by atoms with Gasteiger partial charge in [-0.15, -0.1) is 0 Å². The Balaban J connectivity index is 0.983. The third kappa shape index (κ3) is 9.71. The molecule has 12 aromatic rings. The Hall–Kier alpha value is -9.61. The summed E-state index contributed by atoms with van der Waals surface area (Å²) in [6.07, 6.45) is 0. The summed E-state index contributed by atoms with van der Waals surface area (Å²) in [5.74, 6) is 0. The minimum Gasteiger partial charge on any atom is -0.355 e. The number of benzene rings is 12. The summed E-state index contributed by atoms with van der Waals surface area (Å²) in [5.41, 5.74) is 23.8. The molecule has 1 N–H and O–H groups in total. The Labute approximate surface area is 456 Å². The number of rotatable bonds is 12. The van der Waals surface area contributed by atoms with Crippen LogP contribution in [-0.2, 0) is 0 Å².